The Hall–Kier alpha value is -1.34. The van der Waals surface area contributed by atoms with Gasteiger partial charge in [-0.05, 0) is 12.5 Å². The topological polar surface area (TPSA) is 43.3 Å². The summed E-state index contributed by atoms with van der Waals surface area (Å²) in [4.78, 5) is 11.5. The number of rotatable bonds is 9. The Morgan fingerprint density at radius 2 is 2.00 bits per heavy atom. The molecular weight excluding hydrogens is 285 g/mol. The summed E-state index contributed by atoms with van der Waals surface area (Å²) in [6.07, 6.45) is -1.50. The number of pyridine rings is 1. The number of nitrogens with one attached hydrogen (secondary N) is 1. The molecule has 1 heterocycles. The molecule has 0 bridgehead atoms. The van der Waals surface area contributed by atoms with Gasteiger partial charge < -0.3 is 14.6 Å². The van der Waals surface area contributed by atoms with E-state index in [1.54, 1.807) is 0 Å². The fourth-order valence-corrected chi connectivity index (χ4v) is 1.69. The van der Waals surface area contributed by atoms with Gasteiger partial charge in [-0.25, -0.2) is 0 Å². The molecule has 1 N–H and O–H groups in total. The lowest BCUT2D eigenvalue weighted by Gasteiger charge is -2.11. The maximum Gasteiger partial charge on any atom is 0.417 e. The van der Waals surface area contributed by atoms with E-state index in [-0.39, 0.29) is 6.54 Å². The summed E-state index contributed by atoms with van der Waals surface area (Å²) in [6.45, 7) is 4.56. The van der Waals surface area contributed by atoms with Gasteiger partial charge in [0.1, 0.15) is 0 Å². The van der Waals surface area contributed by atoms with Gasteiger partial charge in [-0.15, -0.1) is 0 Å². The predicted molar refractivity (Wildman–Crippen MR) is 74.3 cm³/mol. The molecule has 0 amide bonds. The van der Waals surface area contributed by atoms with Crippen LogP contribution in [0.15, 0.2) is 23.1 Å². The van der Waals surface area contributed by atoms with Crippen LogP contribution in [0.5, 0.6) is 0 Å². The molecule has 0 spiro atoms. The Morgan fingerprint density at radius 1 is 1.24 bits per heavy atom. The highest BCUT2D eigenvalue weighted by Gasteiger charge is 2.30. The predicted octanol–water partition coefficient (Wildman–Crippen LogP) is 2.27. The summed E-state index contributed by atoms with van der Waals surface area (Å²) >= 11 is 0. The molecule has 0 aliphatic rings. The molecule has 1 aromatic heterocycles. The van der Waals surface area contributed by atoms with Crippen molar-refractivity contribution in [3.05, 3.63) is 34.2 Å². The van der Waals surface area contributed by atoms with Crippen LogP contribution in [0.1, 0.15) is 25.3 Å². The van der Waals surface area contributed by atoms with Crippen LogP contribution < -0.4 is 10.9 Å². The van der Waals surface area contributed by atoms with Crippen LogP contribution in [0.2, 0.25) is 0 Å². The van der Waals surface area contributed by atoms with Crippen molar-refractivity contribution in [2.24, 2.45) is 0 Å². The van der Waals surface area contributed by atoms with E-state index in [1.807, 2.05) is 0 Å². The number of alkyl halides is 3. The van der Waals surface area contributed by atoms with Crippen molar-refractivity contribution < 1.29 is 17.9 Å². The van der Waals surface area contributed by atoms with E-state index in [2.05, 4.69) is 12.2 Å². The van der Waals surface area contributed by atoms with Crippen LogP contribution in [-0.4, -0.2) is 30.9 Å². The second kappa shape index (κ2) is 8.84. The highest BCUT2D eigenvalue weighted by Crippen LogP contribution is 2.27. The summed E-state index contributed by atoms with van der Waals surface area (Å²) < 4.78 is 44.0. The van der Waals surface area contributed by atoms with Crippen molar-refractivity contribution >= 4 is 0 Å². The highest BCUT2D eigenvalue weighted by molar-refractivity contribution is 5.13. The first-order valence-electron chi connectivity index (χ1n) is 7.01. The molecule has 0 unspecified atom stereocenters. The fraction of sp³-hybridized carbons (Fsp3) is 0.643. The molecule has 120 valence electrons. The van der Waals surface area contributed by atoms with Gasteiger partial charge in [0.2, 0.25) is 0 Å². The standard InChI is InChI=1S/C14H21F3N2O2/c1-2-3-9-21-10-7-18-6-8-19-11-12(14(15,16)17)4-5-13(19)20/h4-5,11,18H,2-3,6-10H2,1H3. The zero-order chi connectivity index (χ0) is 15.7. The molecule has 4 nitrogen and oxygen atoms in total. The zero-order valence-electron chi connectivity index (χ0n) is 12.1. The minimum absolute atomic E-state index is 0.192. The summed E-state index contributed by atoms with van der Waals surface area (Å²) in [5.41, 5.74) is -1.26. The first-order valence-corrected chi connectivity index (χ1v) is 7.01. The summed E-state index contributed by atoms with van der Waals surface area (Å²) in [5.74, 6) is 0. The molecule has 0 aromatic carbocycles. The van der Waals surface area contributed by atoms with Gasteiger partial charge in [0.05, 0.1) is 12.2 Å². The quantitative estimate of drug-likeness (QED) is 0.712. The average Bonchev–Trinajstić information content (AvgIpc) is 2.42. The lowest BCUT2D eigenvalue weighted by atomic mass is 10.3. The van der Waals surface area contributed by atoms with Gasteiger partial charge in [-0.2, -0.15) is 13.2 Å². The number of halogens is 3. The van der Waals surface area contributed by atoms with Gasteiger partial charge in [0, 0.05) is 38.5 Å². The highest BCUT2D eigenvalue weighted by atomic mass is 19.4. The van der Waals surface area contributed by atoms with Gasteiger partial charge in [0.15, 0.2) is 0 Å². The smallest absolute Gasteiger partial charge is 0.380 e. The Morgan fingerprint density at radius 3 is 2.67 bits per heavy atom. The molecule has 0 aliphatic carbocycles. The van der Waals surface area contributed by atoms with Crippen LogP contribution in [0.25, 0.3) is 0 Å². The second-order valence-electron chi connectivity index (χ2n) is 4.66. The largest absolute Gasteiger partial charge is 0.417 e. The zero-order valence-corrected chi connectivity index (χ0v) is 12.1. The summed E-state index contributed by atoms with van der Waals surface area (Å²) in [6, 6.07) is 1.74. The van der Waals surface area contributed by atoms with Crippen molar-refractivity contribution in [2.75, 3.05) is 26.3 Å². The third kappa shape index (κ3) is 6.77. The first kappa shape index (κ1) is 17.7. The van der Waals surface area contributed by atoms with E-state index in [9.17, 15) is 18.0 Å². The van der Waals surface area contributed by atoms with E-state index in [4.69, 9.17) is 4.74 Å². The molecule has 0 saturated heterocycles. The number of nitrogens with zero attached hydrogens (tertiary/aromatic N) is 1. The van der Waals surface area contributed by atoms with Gasteiger partial charge in [-0.1, -0.05) is 13.3 Å². The van der Waals surface area contributed by atoms with Crippen molar-refractivity contribution in [2.45, 2.75) is 32.5 Å². The van der Waals surface area contributed by atoms with Crippen LogP contribution >= 0.6 is 0 Å². The SMILES string of the molecule is CCCCOCCNCCn1cc(C(F)(F)F)ccc1=O. The van der Waals surface area contributed by atoms with Crippen molar-refractivity contribution in [1.82, 2.24) is 9.88 Å². The summed E-state index contributed by atoms with van der Waals surface area (Å²) in [5, 5.41) is 3.03. The van der Waals surface area contributed by atoms with Crippen LogP contribution in [0.4, 0.5) is 13.2 Å². The van der Waals surface area contributed by atoms with Crippen LogP contribution in [0, 0.1) is 0 Å². The summed E-state index contributed by atoms with van der Waals surface area (Å²) in [7, 11) is 0. The number of ether oxygens (including phenoxy) is 1. The third-order valence-corrected chi connectivity index (χ3v) is 2.91. The molecule has 7 heteroatoms. The molecule has 21 heavy (non-hydrogen) atoms. The van der Waals surface area contributed by atoms with E-state index in [0.29, 0.717) is 26.3 Å². The van der Waals surface area contributed by atoms with Crippen molar-refractivity contribution in [1.29, 1.82) is 0 Å². The number of hydrogen-bond acceptors (Lipinski definition) is 3. The number of unbranched alkanes of at least 4 members (excludes halogenated alkanes) is 1. The fourth-order valence-electron chi connectivity index (χ4n) is 1.69. The lowest BCUT2D eigenvalue weighted by molar-refractivity contribution is -0.138. The van der Waals surface area contributed by atoms with E-state index >= 15 is 0 Å². The Labute approximate surface area is 121 Å². The Bertz CT molecular complexity index is 472. The molecule has 0 radical (unpaired) electrons. The second-order valence-corrected chi connectivity index (χ2v) is 4.66. The van der Waals surface area contributed by atoms with Crippen molar-refractivity contribution in [3.8, 4) is 0 Å². The first-order chi connectivity index (χ1) is 9.95. The molecule has 0 fully saturated rings. The molecule has 0 atom stereocenters. The normalized spacial score (nSPS) is 11.8. The van der Waals surface area contributed by atoms with E-state index < -0.39 is 17.3 Å². The van der Waals surface area contributed by atoms with Crippen LogP contribution in [0.3, 0.4) is 0 Å². The maximum absolute atomic E-state index is 12.5. The average molecular weight is 306 g/mol. The molecule has 1 aromatic rings. The molecule has 1 rings (SSSR count). The Kier molecular flexibility index (Phi) is 7.45. The number of hydrogen-bond donors (Lipinski definition) is 1. The molecule has 0 aliphatic heterocycles. The molecular formula is C14H21F3N2O2. The van der Waals surface area contributed by atoms with E-state index in [1.165, 1.54) is 0 Å². The Balaban J connectivity index is 2.33. The van der Waals surface area contributed by atoms with Gasteiger partial charge >= 0.3 is 6.18 Å². The van der Waals surface area contributed by atoms with Gasteiger partial charge in [0.25, 0.3) is 5.56 Å². The minimum Gasteiger partial charge on any atom is -0.380 e. The lowest BCUT2D eigenvalue weighted by Crippen LogP contribution is -2.29. The molecule has 0 saturated carbocycles. The maximum atomic E-state index is 12.5. The van der Waals surface area contributed by atoms with Gasteiger partial charge in [-0.3, -0.25) is 4.79 Å². The number of aromatic nitrogens is 1. The minimum atomic E-state index is -4.43. The van der Waals surface area contributed by atoms with Crippen LogP contribution in [-0.2, 0) is 17.5 Å². The van der Waals surface area contributed by atoms with Crippen molar-refractivity contribution in [3.63, 3.8) is 0 Å². The monoisotopic (exact) mass is 306 g/mol. The third-order valence-electron chi connectivity index (χ3n) is 2.91. The van der Waals surface area contributed by atoms with E-state index in [0.717, 1.165) is 35.7 Å².